The molecule has 1 saturated heterocycles. The molecule has 5 nitrogen and oxygen atoms in total. The Balaban J connectivity index is 0.00000243. The Bertz CT molecular complexity index is 607. The van der Waals surface area contributed by atoms with Crippen LogP contribution in [0.5, 0.6) is 5.75 Å². The first-order chi connectivity index (χ1) is 12.1. The number of hydrogen-bond acceptors (Lipinski definition) is 5. The monoisotopic (exact) mass is 400 g/mol. The van der Waals surface area contributed by atoms with E-state index in [-0.39, 0.29) is 23.9 Å². The zero-order valence-electron chi connectivity index (χ0n) is 15.5. The topological polar surface area (TPSA) is 64.8 Å². The largest absolute Gasteiger partial charge is 0.496 e. The SMILES string of the molecule is COc1cccc2c1C1(CCN(C(=O)[C@@H](N)CCSC)CC1)OCC2.Cl. The fourth-order valence-electron chi connectivity index (χ4n) is 3.99. The molecule has 0 radical (unpaired) electrons. The van der Waals surface area contributed by atoms with Gasteiger partial charge in [0.15, 0.2) is 0 Å². The van der Waals surface area contributed by atoms with Gasteiger partial charge in [0.1, 0.15) is 11.4 Å². The molecule has 0 unspecified atom stereocenters. The number of amides is 1. The van der Waals surface area contributed by atoms with E-state index in [1.165, 1.54) is 11.1 Å². The second-order valence-electron chi connectivity index (χ2n) is 6.80. The summed E-state index contributed by atoms with van der Waals surface area (Å²) >= 11 is 1.72. The van der Waals surface area contributed by atoms with E-state index >= 15 is 0 Å². The second kappa shape index (κ2) is 9.31. The molecule has 26 heavy (non-hydrogen) atoms. The second-order valence-corrected chi connectivity index (χ2v) is 7.79. The highest BCUT2D eigenvalue weighted by atomic mass is 35.5. The Labute approximate surface area is 166 Å². The summed E-state index contributed by atoms with van der Waals surface area (Å²) in [4.78, 5) is 14.5. The van der Waals surface area contributed by atoms with E-state index < -0.39 is 6.04 Å². The van der Waals surface area contributed by atoms with E-state index in [0.29, 0.717) is 13.1 Å². The van der Waals surface area contributed by atoms with Crippen molar-refractivity contribution in [2.75, 3.05) is 38.8 Å². The highest BCUT2D eigenvalue weighted by Crippen LogP contribution is 2.45. The van der Waals surface area contributed by atoms with Crippen LogP contribution in [0.2, 0.25) is 0 Å². The van der Waals surface area contributed by atoms with Gasteiger partial charge in [0.2, 0.25) is 5.91 Å². The third-order valence-corrected chi connectivity index (χ3v) is 6.01. The van der Waals surface area contributed by atoms with Crippen LogP contribution in [0.25, 0.3) is 0 Å². The van der Waals surface area contributed by atoms with E-state index in [0.717, 1.165) is 43.8 Å². The smallest absolute Gasteiger partial charge is 0.239 e. The minimum absolute atomic E-state index is 0. The lowest BCUT2D eigenvalue weighted by atomic mass is 9.78. The standard InChI is InChI=1S/C19H28N2O3S.ClH/c1-23-16-5-3-4-14-6-12-24-19(17(14)16)8-10-21(11-9-19)18(22)15(20)7-13-25-2;/h3-5,15H,6-13,20H2,1-2H3;1H/t15-;/m0./s1. The number of nitrogens with two attached hydrogens (primary N) is 1. The minimum Gasteiger partial charge on any atom is -0.496 e. The van der Waals surface area contributed by atoms with E-state index in [4.69, 9.17) is 15.2 Å². The third-order valence-electron chi connectivity index (χ3n) is 5.37. The lowest BCUT2D eigenvalue weighted by molar-refractivity contribution is -0.142. The molecular formula is C19H29ClN2O3S. The number of rotatable bonds is 5. The van der Waals surface area contributed by atoms with Gasteiger partial charge < -0.3 is 20.1 Å². The summed E-state index contributed by atoms with van der Waals surface area (Å²) in [7, 11) is 1.71. The predicted molar refractivity (Wildman–Crippen MR) is 108 cm³/mol. The van der Waals surface area contributed by atoms with Crippen molar-refractivity contribution in [3.63, 3.8) is 0 Å². The number of ether oxygens (including phenoxy) is 2. The Kier molecular flexibility index (Phi) is 7.64. The van der Waals surface area contributed by atoms with Crippen LogP contribution in [0, 0.1) is 0 Å². The van der Waals surface area contributed by atoms with Gasteiger partial charge in [-0.05, 0) is 49.3 Å². The van der Waals surface area contributed by atoms with Crippen molar-refractivity contribution < 1.29 is 14.3 Å². The van der Waals surface area contributed by atoms with E-state index in [1.807, 2.05) is 23.3 Å². The highest BCUT2D eigenvalue weighted by molar-refractivity contribution is 7.98. The van der Waals surface area contributed by atoms with Crippen molar-refractivity contribution >= 4 is 30.1 Å². The summed E-state index contributed by atoms with van der Waals surface area (Å²) in [5.41, 5.74) is 8.23. The normalized spacial score (nSPS) is 19.4. The van der Waals surface area contributed by atoms with Gasteiger partial charge >= 0.3 is 0 Å². The van der Waals surface area contributed by atoms with Crippen molar-refractivity contribution in [1.82, 2.24) is 4.90 Å². The summed E-state index contributed by atoms with van der Waals surface area (Å²) in [5, 5.41) is 0. The molecule has 1 aromatic carbocycles. The summed E-state index contributed by atoms with van der Waals surface area (Å²) in [6.45, 7) is 2.09. The molecule has 0 aliphatic carbocycles. The number of benzene rings is 1. The predicted octanol–water partition coefficient (Wildman–Crippen LogP) is 2.59. The van der Waals surface area contributed by atoms with Gasteiger partial charge in [-0.25, -0.2) is 0 Å². The van der Waals surface area contributed by atoms with Crippen LogP contribution >= 0.6 is 24.2 Å². The summed E-state index contributed by atoms with van der Waals surface area (Å²) in [6.07, 6.45) is 5.26. The highest BCUT2D eigenvalue weighted by Gasteiger charge is 2.43. The van der Waals surface area contributed by atoms with Crippen molar-refractivity contribution in [3.8, 4) is 5.75 Å². The average molecular weight is 401 g/mol. The first-order valence-electron chi connectivity index (χ1n) is 8.95. The number of nitrogens with zero attached hydrogens (tertiary/aromatic N) is 1. The number of piperidine rings is 1. The fourth-order valence-corrected chi connectivity index (χ4v) is 4.48. The quantitative estimate of drug-likeness (QED) is 0.822. The Hall–Kier alpha value is -0.950. The van der Waals surface area contributed by atoms with Gasteiger partial charge in [-0.1, -0.05) is 12.1 Å². The molecule has 1 amide bonds. The fraction of sp³-hybridized carbons (Fsp3) is 0.632. The molecular weight excluding hydrogens is 372 g/mol. The molecule has 1 aromatic rings. The van der Waals surface area contributed by atoms with Crippen LogP contribution < -0.4 is 10.5 Å². The van der Waals surface area contributed by atoms with Crippen molar-refractivity contribution in [3.05, 3.63) is 29.3 Å². The molecule has 3 rings (SSSR count). The molecule has 1 fully saturated rings. The van der Waals surface area contributed by atoms with E-state index in [1.54, 1.807) is 18.9 Å². The zero-order valence-corrected chi connectivity index (χ0v) is 17.2. The third kappa shape index (κ3) is 4.14. The summed E-state index contributed by atoms with van der Waals surface area (Å²) in [6, 6.07) is 5.82. The molecule has 2 aliphatic heterocycles. The minimum atomic E-state index is -0.393. The lowest BCUT2D eigenvalue weighted by Gasteiger charge is -2.45. The van der Waals surface area contributed by atoms with Crippen LogP contribution in [0.1, 0.15) is 30.4 Å². The molecule has 0 saturated carbocycles. The molecule has 1 spiro atoms. The number of hydrogen-bond donors (Lipinski definition) is 1. The summed E-state index contributed by atoms with van der Waals surface area (Å²) < 4.78 is 11.9. The van der Waals surface area contributed by atoms with Gasteiger partial charge in [0.25, 0.3) is 0 Å². The zero-order chi connectivity index (χ0) is 17.9. The van der Waals surface area contributed by atoms with Crippen molar-refractivity contribution in [2.24, 2.45) is 5.73 Å². The molecule has 1 atom stereocenters. The molecule has 2 N–H and O–H groups in total. The maximum Gasteiger partial charge on any atom is 0.239 e. The van der Waals surface area contributed by atoms with Gasteiger partial charge in [-0.3, -0.25) is 4.79 Å². The van der Waals surface area contributed by atoms with Gasteiger partial charge in [-0.15, -0.1) is 12.4 Å². The Morgan fingerprint density at radius 1 is 1.42 bits per heavy atom. The van der Waals surface area contributed by atoms with Gasteiger partial charge in [0.05, 0.1) is 19.8 Å². The van der Waals surface area contributed by atoms with E-state index in [2.05, 4.69) is 6.07 Å². The van der Waals surface area contributed by atoms with Crippen molar-refractivity contribution in [1.29, 1.82) is 0 Å². The van der Waals surface area contributed by atoms with E-state index in [9.17, 15) is 4.79 Å². The van der Waals surface area contributed by atoms with Crippen molar-refractivity contribution in [2.45, 2.75) is 37.3 Å². The number of halogens is 1. The maximum absolute atomic E-state index is 12.6. The van der Waals surface area contributed by atoms with Crippen LogP contribution in [-0.2, 0) is 21.6 Å². The maximum atomic E-state index is 12.6. The molecule has 146 valence electrons. The van der Waals surface area contributed by atoms with Crippen LogP contribution in [-0.4, -0.2) is 55.7 Å². The number of carbonyl (C=O) groups is 1. The first kappa shape index (κ1) is 21.4. The average Bonchev–Trinajstić information content (AvgIpc) is 2.66. The molecule has 0 aromatic heterocycles. The molecule has 2 heterocycles. The number of fused-ring (bicyclic) bond motifs is 2. The Morgan fingerprint density at radius 3 is 2.81 bits per heavy atom. The first-order valence-corrected chi connectivity index (χ1v) is 10.3. The van der Waals surface area contributed by atoms with Crippen LogP contribution in [0.4, 0.5) is 0 Å². The number of likely N-dealkylation sites (tertiary alicyclic amines) is 1. The van der Waals surface area contributed by atoms with Crippen LogP contribution in [0.15, 0.2) is 18.2 Å². The summed E-state index contributed by atoms with van der Waals surface area (Å²) in [5.74, 6) is 1.88. The van der Waals surface area contributed by atoms with Gasteiger partial charge in [0, 0.05) is 18.7 Å². The molecule has 0 bridgehead atoms. The van der Waals surface area contributed by atoms with Gasteiger partial charge in [-0.2, -0.15) is 11.8 Å². The Morgan fingerprint density at radius 2 is 2.15 bits per heavy atom. The molecule has 2 aliphatic rings. The lowest BCUT2D eigenvalue weighted by Crippen LogP contribution is -2.52. The number of thioether (sulfide) groups is 1. The number of carbonyl (C=O) groups excluding carboxylic acids is 1. The molecule has 7 heteroatoms. The van der Waals surface area contributed by atoms with Crippen LogP contribution in [0.3, 0.4) is 0 Å². The number of methoxy groups -OCH3 is 1.